The average Bonchev–Trinajstić information content (AvgIpc) is 3.41. The van der Waals surface area contributed by atoms with Crippen molar-refractivity contribution >= 4 is 0 Å². The van der Waals surface area contributed by atoms with Gasteiger partial charge >= 0.3 is 0 Å². The molecule has 1 unspecified atom stereocenters. The molecular formula is C50H82O26. The monoisotopic (exact) mass is 1100 g/mol. The minimum atomic E-state index is -1.33. The van der Waals surface area contributed by atoms with E-state index in [-0.39, 0.29) is 84.1 Å². The molecular weight excluding hydrogens is 1020 g/mol. The van der Waals surface area contributed by atoms with Gasteiger partial charge in [0.15, 0.2) is 50.3 Å². The Kier molecular flexibility index (Phi) is 21.9. The quantitative estimate of drug-likeness (QED) is 0.115. The van der Waals surface area contributed by atoms with Crippen LogP contribution in [-0.2, 0) is 80.5 Å². The predicted molar refractivity (Wildman–Crippen MR) is 251 cm³/mol. The molecule has 30 rings (SSSR count). The van der Waals surface area contributed by atoms with E-state index >= 15 is 0 Å². The fourth-order valence-electron chi connectivity index (χ4n) is 11.4. The second-order valence-electron chi connectivity index (χ2n) is 21.3. The van der Waals surface area contributed by atoms with E-state index in [0.717, 1.165) is 18.4 Å². The van der Waals surface area contributed by atoms with E-state index in [4.69, 9.17) is 80.5 Å². The predicted octanol–water partition coefficient (Wildman–Crippen LogP) is -2.32. The number of aliphatic hydroxyl groups is 9. The minimum Gasteiger partial charge on any atom is -0.396 e. The Bertz CT molecular complexity index is 1770. The Morgan fingerprint density at radius 3 is 1.41 bits per heavy atom. The Balaban J connectivity index is 0.871. The van der Waals surface area contributed by atoms with Crippen molar-refractivity contribution in [1.82, 2.24) is 0 Å². The van der Waals surface area contributed by atoms with Gasteiger partial charge < -0.3 is 126 Å². The standard InChI is InChI=1S/C50H82O26/c1-3-4-5-24-8-26-19-61-43(24)66-28-10-31(55)45(63-21-28)68-27-9-25(6-7-51)44(62-20-27)71-38-15-39(60-2)50(76-42(38)18-54)70-30-12-33(57)47(65-23-30)72-36-14-35(59)49(75-40(36)16-52)73-37-13-34(58)48(74-41(37)17-53)69-29-11-32(56)46(67-26)64-22-29/h5,25-59H,3-4,6-23H2,1-2H3/b24-5+/t25-,26+,27+,28+,29+,30+,31-,32-,33-,34-,35-,36+,37+,38+,39?,40-,41-,42-,43-,44-,45-,46-,47-,48+,49+,50+/m1/s1. The SMILES string of the molecule is CCC/C=C1\C[C@H]2CO[C@@H]1O[C@@H]1CO[C@H](O[C@@H]3CO[C@H](O[C@H]4CC(OC)[C@@H](O[C@@H]5CO[C@H](O[C@H]6C[C@@H](O)[C@@H](O[C@H]7C[C@@H](O)[C@@H](O[C@@H]8CO[C@H](O2)[C@H](O)C8)O[C@@H]7CO)O[C@@H]6CO)[C@H](O)C5)O[C@@H]4CO)[C@H](CCO)C3)[C@H](O)C1. The van der Waals surface area contributed by atoms with Crippen molar-refractivity contribution in [3.05, 3.63) is 11.6 Å². The van der Waals surface area contributed by atoms with Crippen molar-refractivity contribution < 1.29 is 126 Å². The molecule has 0 aromatic carbocycles. The van der Waals surface area contributed by atoms with Crippen LogP contribution in [0.2, 0.25) is 0 Å². The fourth-order valence-corrected chi connectivity index (χ4v) is 11.4. The first-order valence-corrected chi connectivity index (χ1v) is 27.2. The summed E-state index contributed by atoms with van der Waals surface area (Å²) in [5.74, 6) is -0.347. The van der Waals surface area contributed by atoms with Gasteiger partial charge in [0.2, 0.25) is 0 Å². The third-order valence-electron chi connectivity index (χ3n) is 15.5. The van der Waals surface area contributed by atoms with Gasteiger partial charge in [0.25, 0.3) is 0 Å². The summed E-state index contributed by atoms with van der Waals surface area (Å²) < 4.78 is 104. The van der Waals surface area contributed by atoms with E-state index in [2.05, 4.69) is 6.92 Å². The first-order chi connectivity index (χ1) is 36.8. The maximum absolute atomic E-state index is 11.3. The zero-order chi connectivity index (χ0) is 53.5. The van der Waals surface area contributed by atoms with Gasteiger partial charge in [0.1, 0.15) is 54.9 Å². The molecule has 30 saturated heterocycles. The molecule has 26 nitrogen and oxygen atoms in total. The van der Waals surface area contributed by atoms with Gasteiger partial charge in [-0.1, -0.05) is 19.4 Å². The van der Waals surface area contributed by atoms with Crippen molar-refractivity contribution in [2.45, 2.75) is 232 Å². The number of allylic oxidation sites excluding steroid dienone is 1. The van der Waals surface area contributed by atoms with E-state index in [1.54, 1.807) is 0 Å². The lowest BCUT2D eigenvalue weighted by molar-refractivity contribution is -0.356. The molecule has 30 fully saturated rings. The van der Waals surface area contributed by atoms with E-state index < -0.39 is 174 Å². The van der Waals surface area contributed by atoms with E-state index in [0.29, 0.717) is 19.3 Å². The number of hydrogen-bond donors (Lipinski definition) is 9. The number of ether oxygens (including phenoxy) is 17. The van der Waals surface area contributed by atoms with Crippen LogP contribution in [0.4, 0.5) is 0 Å². The lowest BCUT2D eigenvalue weighted by atomic mass is 9.94. The molecule has 0 spiro atoms. The van der Waals surface area contributed by atoms with Gasteiger partial charge in [0.05, 0.1) is 102 Å². The molecule has 0 saturated carbocycles. The van der Waals surface area contributed by atoms with Crippen LogP contribution in [-0.4, -0.2) is 267 Å². The summed E-state index contributed by atoms with van der Waals surface area (Å²) in [6.07, 6.45) is -18.6. The van der Waals surface area contributed by atoms with Gasteiger partial charge in [-0.15, -0.1) is 0 Å². The third kappa shape index (κ3) is 14.8. The van der Waals surface area contributed by atoms with Crippen LogP contribution in [0.1, 0.15) is 77.6 Å². The molecule has 0 radical (unpaired) electrons. The smallest absolute Gasteiger partial charge is 0.184 e. The maximum atomic E-state index is 11.3. The van der Waals surface area contributed by atoms with Crippen LogP contribution in [0.5, 0.6) is 0 Å². The Hall–Kier alpha value is -1.30. The minimum absolute atomic E-state index is 0.0157. The van der Waals surface area contributed by atoms with Gasteiger partial charge in [-0.2, -0.15) is 0 Å². The maximum Gasteiger partial charge on any atom is 0.184 e. The molecule has 0 aromatic rings. The molecule has 438 valence electrons. The summed E-state index contributed by atoms with van der Waals surface area (Å²) in [6, 6.07) is 0. The Morgan fingerprint density at radius 1 is 0.447 bits per heavy atom. The number of hydrogen-bond acceptors (Lipinski definition) is 26. The first kappa shape index (κ1) is 59.3. The highest BCUT2D eigenvalue weighted by molar-refractivity contribution is 5.10. The normalized spacial score (nSPS) is 49.0. The lowest BCUT2D eigenvalue weighted by Crippen LogP contribution is -2.58. The van der Waals surface area contributed by atoms with Crippen molar-refractivity contribution in [1.29, 1.82) is 0 Å². The highest BCUT2D eigenvalue weighted by Gasteiger charge is 2.49. The van der Waals surface area contributed by atoms with Gasteiger partial charge in [-0.3, -0.25) is 0 Å². The van der Waals surface area contributed by atoms with Crippen LogP contribution in [0.25, 0.3) is 0 Å². The largest absolute Gasteiger partial charge is 0.396 e. The third-order valence-corrected chi connectivity index (χ3v) is 15.5. The van der Waals surface area contributed by atoms with Crippen LogP contribution >= 0.6 is 0 Å². The highest BCUT2D eigenvalue weighted by Crippen LogP contribution is 2.38. The molecule has 26 atom stereocenters. The van der Waals surface area contributed by atoms with E-state index in [1.807, 2.05) is 6.08 Å². The fraction of sp³-hybridized carbons (Fsp3) is 0.960. The summed E-state index contributed by atoms with van der Waals surface area (Å²) >= 11 is 0. The van der Waals surface area contributed by atoms with Gasteiger partial charge in [0, 0.05) is 64.6 Å². The molecule has 30 aliphatic rings. The zero-order valence-corrected chi connectivity index (χ0v) is 43.2. The second kappa shape index (κ2) is 28.1. The van der Waals surface area contributed by atoms with Crippen molar-refractivity contribution in [2.75, 3.05) is 66.6 Å². The molecule has 76 heavy (non-hydrogen) atoms. The van der Waals surface area contributed by atoms with Crippen LogP contribution < -0.4 is 0 Å². The number of methoxy groups -OCH3 is 1. The zero-order valence-electron chi connectivity index (χ0n) is 43.2. The summed E-state index contributed by atoms with van der Waals surface area (Å²) in [7, 11) is 1.49. The van der Waals surface area contributed by atoms with Crippen molar-refractivity contribution in [3.8, 4) is 0 Å². The van der Waals surface area contributed by atoms with Crippen LogP contribution in [0.3, 0.4) is 0 Å². The number of rotatable bonds is 8. The van der Waals surface area contributed by atoms with E-state index in [1.165, 1.54) is 7.11 Å². The van der Waals surface area contributed by atoms with Crippen molar-refractivity contribution in [2.24, 2.45) is 5.92 Å². The van der Waals surface area contributed by atoms with E-state index in [9.17, 15) is 46.0 Å². The highest BCUT2D eigenvalue weighted by atomic mass is 16.8. The lowest BCUT2D eigenvalue weighted by Gasteiger charge is -2.46. The summed E-state index contributed by atoms with van der Waals surface area (Å²) in [6.45, 7) is 0.582. The topological polar surface area (TPSA) is 339 Å². The Morgan fingerprint density at radius 2 is 0.868 bits per heavy atom. The van der Waals surface area contributed by atoms with Gasteiger partial charge in [-0.05, 0) is 24.8 Å². The number of aliphatic hydroxyl groups excluding tert-OH is 9. The molecule has 9 N–H and O–H groups in total. The number of unbranched alkanes of at least 4 members (excludes halogenated alkanes) is 1. The van der Waals surface area contributed by atoms with Crippen LogP contribution in [0.15, 0.2) is 11.6 Å². The molecule has 0 aliphatic carbocycles. The average molecular weight is 1100 g/mol. The molecule has 30 aliphatic heterocycles. The molecule has 30 heterocycles. The first-order valence-electron chi connectivity index (χ1n) is 27.2. The van der Waals surface area contributed by atoms with Gasteiger partial charge in [-0.25, -0.2) is 0 Å². The second-order valence-corrected chi connectivity index (χ2v) is 21.3. The molecule has 0 aromatic heterocycles. The Labute approximate surface area is 441 Å². The van der Waals surface area contributed by atoms with Crippen LogP contribution in [0, 0.1) is 5.92 Å². The summed E-state index contributed by atoms with van der Waals surface area (Å²) in [4.78, 5) is 0. The molecule has 0 amide bonds. The molecule has 16 bridgehead atoms. The van der Waals surface area contributed by atoms with Crippen molar-refractivity contribution in [3.63, 3.8) is 0 Å². The summed E-state index contributed by atoms with van der Waals surface area (Å²) in [5.41, 5.74) is 0.835. The summed E-state index contributed by atoms with van der Waals surface area (Å²) in [5, 5.41) is 97.6. The molecule has 26 heteroatoms.